The van der Waals surface area contributed by atoms with E-state index in [-0.39, 0.29) is 5.91 Å². The summed E-state index contributed by atoms with van der Waals surface area (Å²) in [5, 5.41) is 3.02. The third-order valence-electron chi connectivity index (χ3n) is 6.73. The van der Waals surface area contributed by atoms with Crippen molar-refractivity contribution < 1.29 is 9.21 Å². The van der Waals surface area contributed by atoms with Crippen LogP contribution in [0.15, 0.2) is 52.9 Å². The summed E-state index contributed by atoms with van der Waals surface area (Å²) in [4.78, 5) is 20.0. The summed E-state index contributed by atoms with van der Waals surface area (Å²) in [5.41, 5.74) is 5.12. The van der Waals surface area contributed by atoms with Gasteiger partial charge < -0.3 is 9.73 Å². The molecule has 160 valence electrons. The maximum absolute atomic E-state index is 12.8. The molecule has 1 N–H and O–H groups in total. The molecule has 1 aliphatic heterocycles. The highest BCUT2D eigenvalue weighted by molar-refractivity contribution is 5.94. The lowest BCUT2D eigenvalue weighted by Crippen LogP contribution is -2.41. The van der Waals surface area contributed by atoms with Crippen molar-refractivity contribution in [2.45, 2.75) is 51.6 Å². The molecule has 31 heavy (non-hydrogen) atoms. The summed E-state index contributed by atoms with van der Waals surface area (Å²) in [7, 11) is 0. The summed E-state index contributed by atoms with van der Waals surface area (Å²) < 4.78 is 5.80. The largest absolute Gasteiger partial charge is 0.441 e. The maximum atomic E-state index is 12.8. The van der Waals surface area contributed by atoms with E-state index in [4.69, 9.17) is 4.42 Å². The van der Waals surface area contributed by atoms with Crippen LogP contribution in [0.3, 0.4) is 0 Å². The van der Waals surface area contributed by atoms with Crippen molar-refractivity contribution in [3.8, 4) is 11.5 Å². The molecule has 1 saturated carbocycles. The summed E-state index contributed by atoms with van der Waals surface area (Å²) in [6.45, 7) is 4.48. The lowest BCUT2D eigenvalue weighted by atomic mass is 9.91. The third kappa shape index (κ3) is 4.28. The minimum atomic E-state index is -0.0634. The SMILES string of the molecule is Cc1oc(-c2ccccc2)nc1CNC(=O)c1ccc2c(c1)CCN(C1CCC1)CC2. The number of aromatic nitrogens is 1. The highest BCUT2D eigenvalue weighted by atomic mass is 16.4. The molecular formula is C26H29N3O2. The van der Waals surface area contributed by atoms with Crippen LogP contribution < -0.4 is 5.32 Å². The van der Waals surface area contributed by atoms with E-state index in [1.807, 2.05) is 43.3 Å². The van der Waals surface area contributed by atoms with Crippen molar-refractivity contribution in [2.24, 2.45) is 0 Å². The first-order chi connectivity index (χ1) is 15.2. The minimum Gasteiger partial charge on any atom is -0.441 e. The third-order valence-corrected chi connectivity index (χ3v) is 6.73. The number of hydrogen-bond acceptors (Lipinski definition) is 4. The van der Waals surface area contributed by atoms with Gasteiger partial charge in [-0.25, -0.2) is 4.98 Å². The minimum absolute atomic E-state index is 0.0634. The van der Waals surface area contributed by atoms with Crippen LogP contribution in [-0.4, -0.2) is 34.9 Å². The smallest absolute Gasteiger partial charge is 0.251 e. The fourth-order valence-corrected chi connectivity index (χ4v) is 4.56. The molecular weight excluding hydrogens is 386 g/mol. The van der Waals surface area contributed by atoms with Crippen LogP contribution in [0, 0.1) is 6.92 Å². The van der Waals surface area contributed by atoms with Gasteiger partial charge in [-0.05, 0) is 68.0 Å². The number of aryl methyl sites for hydroxylation is 1. The first-order valence-electron chi connectivity index (χ1n) is 11.3. The van der Waals surface area contributed by atoms with Gasteiger partial charge in [0.05, 0.1) is 6.54 Å². The van der Waals surface area contributed by atoms with Gasteiger partial charge in [-0.3, -0.25) is 9.69 Å². The van der Waals surface area contributed by atoms with E-state index >= 15 is 0 Å². The zero-order valence-electron chi connectivity index (χ0n) is 18.1. The Balaban J connectivity index is 1.24. The highest BCUT2D eigenvalue weighted by Crippen LogP contribution is 2.28. The fraction of sp³-hybridized carbons (Fsp3) is 0.385. The molecule has 2 aliphatic rings. The van der Waals surface area contributed by atoms with Gasteiger partial charge in [0.15, 0.2) is 0 Å². The Bertz CT molecular complexity index is 1070. The van der Waals surface area contributed by atoms with Gasteiger partial charge in [0.1, 0.15) is 11.5 Å². The number of benzene rings is 2. The molecule has 0 radical (unpaired) electrons. The Morgan fingerprint density at radius 1 is 1.10 bits per heavy atom. The number of fused-ring (bicyclic) bond motifs is 1. The summed E-state index contributed by atoms with van der Waals surface area (Å²) in [6.07, 6.45) is 6.16. The summed E-state index contributed by atoms with van der Waals surface area (Å²) in [6, 6.07) is 16.8. The Hall–Kier alpha value is -2.92. The summed E-state index contributed by atoms with van der Waals surface area (Å²) in [5.74, 6) is 1.26. The fourth-order valence-electron chi connectivity index (χ4n) is 4.56. The molecule has 1 fully saturated rings. The predicted molar refractivity (Wildman–Crippen MR) is 121 cm³/mol. The van der Waals surface area contributed by atoms with Crippen molar-refractivity contribution in [1.29, 1.82) is 0 Å². The van der Waals surface area contributed by atoms with Gasteiger partial charge in [0, 0.05) is 30.3 Å². The molecule has 0 spiro atoms. The molecule has 0 atom stereocenters. The van der Waals surface area contributed by atoms with E-state index in [1.54, 1.807) is 0 Å². The Morgan fingerprint density at radius 3 is 2.61 bits per heavy atom. The van der Waals surface area contributed by atoms with Crippen LogP contribution in [-0.2, 0) is 19.4 Å². The lowest BCUT2D eigenvalue weighted by Gasteiger charge is -2.36. The van der Waals surface area contributed by atoms with Crippen LogP contribution in [0.2, 0.25) is 0 Å². The van der Waals surface area contributed by atoms with Crippen molar-refractivity contribution in [1.82, 2.24) is 15.2 Å². The number of carbonyl (C=O) groups excluding carboxylic acids is 1. The van der Waals surface area contributed by atoms with Crippen molar-refractivity contribution in [3.63, 3.8) is 0 Å². The molecule has 2 heterocycles. The van der Waals surface area contributed by atoms with E-state index in [9.17, 15) is 4.79 Å². The second-order valence-electron chi connectivity index (χ2n) is 8.67. The van der Waals surface area contributed by atoms with Crippen molar-refractivity contribution in [3.05, 3.63) is 76.7 Å². The Labute approximate surface area is 183 Å². The van der Waals surface area contributed by atoms with Gasteiger partial charge in [-0.1, -0.05) is 30.7 Å². The predicted octanol–water partition coefficient (Wildman–Crippen LogP) is 4.53. The molecule has 0 unspecified atom stereocenters. The average Bonchev–Trinajstić information content (AvgIpc) is 3.01. The van der Waals surface area contributed by atoms with E-state index in [2.05, 4.69) is 27.3 Å². The molecule has 5 nitrogen and oxygen atoms in total. The number of nitrogens with zero attached hydrogens (tertiary/aromatic N) is 2. The molecule has 0 bridgehead atoms. The van der Waals surface area contributed by atoms with Gasteiger partial charge in [0.25, 0.3) is 5.91 Å². The van der Waals surface area contributed by atoms with Crippen molar-refractivity contribution >= 4 is 5.91 Å². The Morgan fingerprint density at radius 2 is 1.87 bits per heavy atom. The second-order valence-corrected chi connectivity index (χ2v) is 8.67. The second kappa shape index (κ2) is 8.67. The topological polar surface area (TPSA) is 58.4 Å². The first kappa shape index (κ1) is 20.0. The molecule has 0 saturated heterocycles. The van der Waals surface area contributed by atoms with Crippen LogP contribution in [0.25, 0.3) is 11.5 Å². The zero-order valence-corrected chi connectivity index (χ0v) is 18.1. The highest BCUT2D eigenvalue weighted by Gasteiger charge is 2.26. The van der Waals surface area contributed by atoms with Crippen LogP contribution in [0.5, 0.6) is 0 Å². The van der Waals surface area contributed by atoms with E-state index in [0.29, 0.717) is 12.4 Å². The van der Waals surface area contributed by atoms with E-state index in [1.165, 1.54) is 30.4 Å². The molecule has 5 rings (SSSR count). The van der Waals surface area contributed by atoms with Crippen LogP contribution in [0.4, 0.5) is 0 Å². The molecule has 2 aromatic carbocycles. The van der Waals surface area contributed by atoms with Gasteiger partial charge >= 0.3 is 0 Å². The van der Waals surface area contributed by atoms with E-state index in [0.717, 1.165) is 54.6 Å². The number of carbonyl (C=O) groups is 1. The zero-order chi connectivity index (χ0) is 21.2. The van der Waals surface area contributed by atoms with Crippen LogP contribution >= 0.6 is 0 Å². The van der Waals surface area contributed by atoms with Gasteiger partial charge in [0.2, 0.25) is 5.89 Å². The number of amides is 1. The normalized spacial score (nSPS) is 16.9. The lowest BCUT2D eigenvalue weighted by molar-refractivity contribution is 0.0950. The molecule has 5 heteroatoms. The number of oxazole rings is 1. The number of rotatable bonds is 5. The van der Waals surface area contributed by atoms with Crippen molar-refractivity contribution in [2.75, 3.05) is 13.1 Å². The van der Waals surface area contributed by atoms with Gasteiger partial charge in [-0.15, -0.1) is 0 Å². The standard InChI is InChI=1S/C26H29N3O2/c1-18-24(28-26(31-18)20-6-3-2-4-7-20)17-27-25(30)22-11-10-19-12-14-29(23-8-5-9-23)15-13-21(19)16-22/h2-4,6-7,10-11,16,23H,5,8-9,12-15,17H2,1H3,(H,27,30). The number of nitrogens with one attached hydrogen (secondary N) is 1. The monoisotopic (exact) mass is 415 g/mol. The maximum Gasteiger partial charge on any atom is 0.251 e. The first-order valence-corrected chi connectivity index (χ1v) is 11.3. The van der Waals surface area contributed by atoms with Crippen LogP contribution in [0.1, 0.15) is 52.2 Å². The summed E-state index contributed by atoms with van der Waals surface area (Å²) >= 11 is 0. The molecule has 1 aromatic heterocycles. The average molecular weight is 416 g/mol. The molecule has 1 aliphatic carbocycles. The molecule has 3 aromatic rings. The Kier molecular flexibility index (Phi) is 5.60. The molecule has 1 amide bonds. The quantitative estimate of drug-likeness (QED) is 0.665. The van der Waals surface area contributed by atoms with Gasteiger partial charge in [-0.2, -0.15) is 0 Å². The van der Waals surface area contributed by atoms with E-state index < -0.39 is 0 Å². The number of hydrogen-bond donors (Lipinski definition) is 1.